The Hall–Kier alpha value is -8.21. The lowest BCUT2D eigenvalue weighted by Gasteiger charge is -2.28. The van der Waals surface area contributed by atoms with Crippen molar-refractivity contribution in [3.63, 3.8) is 0 Å². The second-order valence-corrected chi connectivity index (χ2v) is 15.5. The molecule has 2 aromatic heterocycles. The van der Waals surface area contributed by atoms with Crippen LogP contribution in [0.25, 0.3) is 99.4 Å². The van der Waals surface area contributed by atoms with E-state index in [0.29, 0.717) is 11.5 Å². The Morgan fingerprint density at radius 1 is 0.344 bits per heavy atom. The van der Waals surface area contributed by atoms with Crippen molar-refractivity contribution < 1.29 is 8.83 Å². The van der Waals surface area contributed by atoms with Crippen molar-refractivity contribution in [3.05, 3.63) is 218 Å². The molecule has 0 atom stereocenters. The summed E-state index contributed by atoms with van der Waals surface area (Å²) in [7, 11) is 0. The molecule has 12 rings (SSSR count). The summed E-state index contributed by atoms with van der Waals surface area (Å²) in [6, 6.07) is 77.2. The van der Waals surface area contributed by atoms with Crippen molar-refractivity contribution in [2.75, 3.05) is 4.90 Å². The van der Waals surface area contributed by atoms with E-state index in [4.69, 9.17) is 13.8 Å². The number of para-hydroxylation sites is 2. The van der Waals surface area contributed by atoms with Crippen LogP contribution in [-0.2, 0) is 0 Å². The molecule has 61 heavy (non-hydrogen) atoms. The van der Waals surface area contributed by atoms with Gasteiger partial charge in [-0.1, -0.05) is 158 Å². The second kappa shape index (κ2) is 14.3. The summed E-state index contributed by atoms with van der Waals surface area (Å²) in [5, 5.41) is 7.08. The normalized spacial score (nSPS) is 11.6. The number of fused-ring (bicyclic) bond motifs is 7. The predicted octanol–water partition coefficient (Wildman–Crippen LogP) is 16.2. The maximum Gasteiger partial charge on any atom is 0.227 e. The van der Waals surface area contributed by atoms with Crippen molar-refractivity contribution in [2.24, 2.45) is 0 Å². The summed E-state index contributed by atoms with van der Waals surface area (Å²) in [6.07, 6.45) is 0. The molecule has 286 valence electrons. The summed E-state index contributed by atoms with van der Waals surface area (Å²) >= 11 is 0. The highest BCUT2D eigenvalue weighted by atomic mass is 16.4. The van der Waals surface area contributed by atoms with Gasteiger partial charge in [-0.2, -0.15) is 0 Å². The van der Waals surface area contributed by atoms with Crippen LogP contribution < -0.4 is 4.90 Å². The van der Waals surface area contributed by atoms with Crippen molar-refractivity contribution >= 4 is 71.6 Å². The highest BCUT2D eigenvalue weighted by Crippen LogP contribution is 2.44. The monoisotopic (exact) mass is 780 g/mol. The third-order valence-corrected chi connectivity index (χ3v) is 11.9. The van der Waals surface area contributed by atoms with Crippen molar-refractivity contribution in [1.29, 1.82) is 0 Å². The molecular formula is C57H36N2O2. The van der Waals surface area contributed by atoms with Crippen LogP contribution in [-0.4, -0.2) is 4.98 Å². The number of anilines is 3. The average Bonchev–Trinajstić information content (AvgIpc) is 3.92. The van der Waals surface area contributed by atoms with E-state index in [2.05, 4.69) is 187 Å². The van der Waals surface area contributed by atoms with E-state index < -0.39 is 0 Å². The average molecular weight is 781 g/mol. The Morgan fingerprint density at radius 2 is 0.918 bits per heavy atom. The van der Waals surface area contributed by atoms with Gasteiger partial charge >= 0.3 is 0 Å². The number of nitrogens with zero attached hydrogens (tertiary/aromatic N) is 2. The Labute approximate surface area is 352 Å². The van der Waals surface area contributed by atoms with Crippen LogP contribution >= 0.6 is 0 Å². The van der Waals surface area contributed by atoms with Crippen molar-refractivity contribution in [3.8, 4) is 44.8 Å². The van der Waals surface area contributed by atoms with Gasteiger partial charge in [0.1, 0.15) is 16.7 Å². The molecule has 4 heteroatoms. The number of hydrogen-bond acceptors (Lipinski definition) is 4. The predicted molar refractivity (Wildman–Crippen MR) is 253 cm³/mol. The molecule has 12 aromatic rings. The fourth-order valence-electron chi connectivity index (χ4n) is 8.98. The number of benzene rings is 10. The van der Waals surface area contributed by atoms with Gasteiger partial charge in [0.25, 0.3) is 0 Å². The van der Waals surface area contributed by atoms with Crippen LogP contribution in [0.15, 0.2) is 227 Å². The minimum atomic E-state index is 0.600. The van der Waals surface area contributed by atoms with Gasteiger partial charge in [0.2, 0.25) is 5.89 Å². The van der Waals surface area contributed by atoms with E-state index in [9.17, 15) is 0 Å². The Balaban J connectivity index is 0.954. The van der Waals surface area contributed by atoms with Gasteiger partial charge in [-0.15, -0.1) is 0 Å². The van der Waals surface area contributed by atoms with E-state index in [1.807, 2.05) is 36.4 Å². The van der Waals surface area contributed by atoms with Gasteiger partial charge < -0.3 is 13.7 Å². The molecule has 0 aliphatic heterocycles. The van der Waals surface area contributed by atoms with Crippen molar-refractivity contribution in [1.82, 2.24) is 4.98 Å². The van der Waals surface area contributed by atoms with Crippen molar-refractivity contribution in [2.45, 2.75) is 0 Å². The van der Waals surface area contributed by atoms with Crippen LogP contribution in [0.2, 0.25) is 0 Å². The third-order valence-electron chi connectivity index (χ3n) is 11.9. The molecule has 2 heterocycles. The molecule has 10 aromatic carbocycles. The molecular weight excluding hydrogens is 745 g/mol. The number of oxazole rings is 1. The topological polar surface area (TPSA) is 42.4 Å². The highest BCUT2D eigenvalue weighted by molar-refractivity contribution is 6.14. The SMILES string of the molecule is c1ccc(-c2nc3cc4c(cc3o2)oc2c(-c3ccc(N(c5ccc(-c6cc7ccccc7c7ccccc67)cc5)c5ccccc5-c5ccccc5)cc3)cccc24)cc1. The molecule has 0 aliphatic rings. The molecule has 0 radical (unpaired) electrons. The lowest BCUT2D eigenvalue weighted by Crippen LogP contribution is -2.11. The maximum atomic E-state index is 6.64. The molecule has 0 bridgehead atoms. The lowest BCUT2D eigenvalue weighted by molar-refractivity contribution is 0.617. The zero-order valence-electron chi connectivity index (χ0n) is 33.0. The third kappa shape index (κ3) is 5.96. The highest BCUT2D eigenvalue weighted by Gasteiger charge is 2.20. The fraction of sp³-hybridized carbons (Fsp3) is 0. The molecule has 0 unspecified atom stereocenters. The Morgan fingerprint density at radius 3 is 1.67 bits per heavy atom. The Kier molecular flexibility index (Phi) is 8.13. The zero-order valence-corrected chi connectivity index (χ0v) is 33.0. The number of aromatic nitrogens is 1. The summed E-state index contributed by atoms with van der Waals surface area (Å²) in [4.78, 5) is 7.19. The van der Waals surface area contributed by atoms with Crippen LogP contribution in [0.4, 0.5) is 17.1 Å². The molecule has 0 saturated carbocycles. The van der Waals surface area contributed by atoms with Gasteiger partial charge in [-0.25, -0.2) is 4.98 Å². The summed E-state index contributed by atoms with van der Waals surface area (Å²) in [5.41, 5.74) is 14.1. The van der Waals surface area contributed by atoms with Crippen LogP contribution in [0.3, 0.4) is 0 Å². The quantitative estimate of drug-likeness (QED) is 0.151. The van der Waals surface area contributed by atoms with E-state index in [1.165, 1.54) is 32.7 Å². The van der Waals surface area contributed by atoms with Crippen LogP contribution in [0, 0.1) is 0 Å². The maximum absolute atomic E-state index is 6.64. The first-order valence-electron chi connectivity index (χ1n) is 20.6. The minimum Gasteiger partial charge on any atom is -0.455 e. The molecule has 4 nitrogen and oxygen atoms in total. The van der Waals surface area contributed by atoms with Gasteiger partial charge in [0.15, 0.2) is 5.58 Å². The standard InChI is InChI=1S/C57H36N2O2/c1-3-14-37(15-4-1)45-20-11-12-25-53(45)59(43-32-28-39(29-33-43)50-34-41-18-7-8-19-44(41)47-21-9-10-22-48(47)50)42-30-26-38(27-31-42)46-23-13-24-49-51-35-52-55(36-54(51)60-56(46)49)61-57(58-52)40-16-5-2-6-17-40/h1-36H. The van der Waals surface area contributed by atoms with Gasteiger partial charge in [-0.05, 0) is 98.4 Å². The first-order valence-corrected chi connectivity index (χ1v) is 20.6. The van der Waals surface area contributed by atoms with E-state index in [0.717, 1.165) is 72.3 Å². The summed E-state index contributed by atoms with van der Waals surface area (Å²) < 4.78 is 12.8. The molecule has 0 N–H and O–H groups in total. The zero-order chi connectivity index (χ0) is 40.3. The number of furan rings is 1. The first-order chi connectivity index (χ1) is 30.2. The molecule has 0 spiro atoms. The first kappa shape index (κ1) is 34.8. The molecule has 0 fully saturated rings. The molecule has 0 saturated heterocycles. The van der Waals surface area contributed by atoms with E-state index >= 15 is 0 Å². The van der Waals surface area contributed by atoms with Gasteiger partial charge in [0, 0.05) is 44.9 Å². The summed E-state index contributed by atoms with van der Waals surface area (Å²) in [6.45, 7) is 0. The molecule has 0 amide bonds. The van der Waals surface area contributed by atoms with E-state index in [-0.39, 0.29) is 0 Å². The van der Waals surface area contributed by atoms with Gasteiger partial charge in [0.05, 0.1) is 5.69 Å². The van der Waals surface area contributed by atoms with Crippen LogP contribution in [0.5, 0.6) is 0 Å². The van der Waals surface area contributed by atoms with E-state index in [1.54, 1.807) is 0 Å². The fourth-order valence-corrected chi connectivity index (χ4v) is 8.98. The van der Waals surface area contributed by atoms with Crippen LogP contribution in [0.1, 0.15) is 0 Å². The summed E-state index contributed by atoms with van der Waals surface area (Å²) in [5.74, 6) is 0.600. The van der Waals surface area contributed by atoms with Gasteiger partial charge in [-0.3, -0.25) is 0 Å². The Bertz CT molecular complexity index is 3570. The second-order valence-electron chi connectivity index (χ2n) is 15.5. The molecule has 0 aliphatic carbocycles. The number of hydrogen-bond donors (Lipinski definition) is 0. The largest absolute Gasteiger partial charge is 0.455 e. The number of rotatable bonds is 7. The minimum absolute atomic E-state index is 0.600. The smallest absolute Gasteiger partial charge is 0.227 e. The lowest BCUT2D eigenvalue weighted by atomic mass is 9.93.